The van der Waals surface area contributed by atoms with Crippen LogP contribution in [0.2, 0.25) is 5.02 Å². The standard InChI is InChI=1S/C15H21ClN2O3/c1-10(2)7-18(9-15(20)21)8-14(19)17-13-6-4-5-12(16)11(13)3/h4-6,10H,7-9H2,1-3H3,(H,17,19)(H,20,21). The molecule has 0 atom stereocenters. The molecule has 0 aliphatic carbocycles. The van der Waals surface area contributed by atoms with Crippen molar-refractivity contribution in [2.45, 2.75) is 20.8 Å². The molecule has 0 unspecified atom stereocenters. The van der Waals surface area contributed by atoms with Gasteiger partial charge in [-0.25, -0.2) is 0 Å². The monoisotopic (exact) mass is 312 g/mol. The van der Waals surface area contributed by atoms with Crippen molar-refractivity contribution in [3.05, 3.63) is 28.8 Å². The van der Waals surface area contributed by atoms with Gasteiger partial charge in [-0.15, -0.1) is 0 Å². The fourth-order valence-corrected chi connectivity index (χ4v) is 2.20. The van der Waals surface area contributed by atoms with Crippen LogP contribution in [0.25, 0.3) is 0 Å². The SMILES string of the molecule is Cc1c(Cl)cccc1NC(=O)CN(CC(=O)O)CC(C)C. The maximum atomic E-state index is 12.1. The first kappa shape index (κ1) is 17.5. The van der Waals surface area contributed by atoms with Gasteiger partial charge in [-0.2, -0.15) is 0 Å². The summed E-state index contributed by atoms with van der Waals surface area (Å²) in [5.74, 6) is -0.908. The van der Waals surface area contributed by atoms with Crippen LogP contribution in [0, 0.1) is 12.8 Å². The second kappa shape index (κ2) is 8.00. The van der Waals surface area contributed by atoms with Gasteiger partial charge in [0.2, 0.25) is 5.91 Å². The molecule has 0 saturated heterocycles. The smallest absolute Gasteiger partial charge is 0.317 e. The van der Waals surface area contributed by atoms with Crippen molar-refractivity contribution in [1.82, 2.24) is 4.90 Å². The molecule has 0 aromatic heterocycles. The molecule has 2 N–H and O–H groups in total. The molecule has 116 valence electrons. The van der Waals surface area contributed by atoms with Gasteiger partial charge in [0.05, 0.1) is 13.1 Å². The Morgan fingerprint density at radius 3 is 2.57 bits per heavy atom. The first-order valence-electron chi connectivity index (χ1n) is 6.78. The lowest BCUT2D eigenvalue weighted by Crippen LogP contribution is -2.39. The third-order valence-electron chi connectivity index (χ3n) is 2.89. The highest BCUT2D eigenvalue weighted by atomic mass is 35.5. The summed E-state index contributed by atoms with van der Waals surface area (Å²) < 4.78 is 0. The number of anilines is 1. The van der Waals surface area contributed by atoms with Gasteiger partial charge in [0.1, 0.15) is 0 Å². The van der Waals surface area contributed by atoms with Gasteiger partial charge in [-0.3, -0.25) is 14.5 Å². The van der Waals surface area contributed by atoms with E-state index in [2.05, 4.69) is 5.32 Å². The van der Waals surface area contributed by atoms with Crippen LogP contribution < -0.4 is 5.32 Å². The van der Waals surface area contributed by atoms with E-state index in [0.717, 1.165) is 5.56 Å². The largest absolute Gasteiger partial charge is 0.480 e. The van der Waals surface area contributed by atoms with Crippen LogP contribution in [0.4, 0.5) is 5.69 Å². The van der Waals surface area contributed by atoms with E-state index < -0.39 is 5.97 Å². The molecule has 0 radical (unpaired) electrons. The summed E-state index contributed by atoms with van der Waals surface area (Å²) in [6, 6.07) is 5.28. The number of hydrogen-bond donors (Lipinski definition) is 2. The van der Waals surface area contributed by atoms with E-state index in [1.54, 1.807) is 23.1 Å². The lowest BCUT2D eigenvalue weighted by Gasteiger charge is -2.22. The lowest BCUT2D eigenvalue weighted by atomic mass is 10.2. The third kappa shape index (κ3) is 6.14. The number of carbonyl (C=O) groups excluding carboxylic acids is 1. The fraction of sp³-hybridized carbons (Fsp3) is 0.467. The van der Waals surface area contributed by atoms with Crippen LogP contribution >= 0.6 is 11.6 Å². The summed E-state index contributed by atoms with van der Waals surface area (Å²) in [6.07, 6.45) is 0. The van der Waals surface area contributed by atoms with Gasteiger partial charge >= 0.3 is 5.97 Å². The molecular weight excluding hydrogens is 292 g/mol. The highest BCUT2D eigenvalue weighted by Crippen LogP contribution is 2.22. The van der Waals surface area contributed by atoms with Gasteiger partial charge in [0.15, 0.2) is 0 Å². The van der Waals surface area contributed by atoms with Crippen LogP contribution in [0.1, 0.15) is 19.4 Å². The van der Waals surface area contributed by atoms with Crippen molar-refractivity contribution >= 4 is 29.2 Å². The number of nitrogens with zero attached hydrogens (tertiary/aromatic N) is 1. The average Bonchev–Trinajstić information content (AvgIpc) is 2.33. The van der Waals surface area contributed by atoms with Crippen molar-refractivity contribution in [3.63, 3.8) is 0 Å². The Morgan fingerprint density at radius 1 is 1.33 bits per heavy atom. The number of amides is 1. The zero-order valence-corrected chi connectivity index (χ0v) is 13.3. The van der Waals surface area contributed by atoms with E-state index in [0.29, 0.717) is 17.3 Å². The summed E-state index contributed by atoms with van der Waals surface area (Å²) in [6.45, 7) is 6.22. The number of halogens is 1. The topological polar surface area (TPSA) is 69.6 Å². The Balaban J connectivity index is 2.69. The van der Waals surface area contributed by atoms with Gasteiger partial charge < -0.3 is 10.4 Å². The number of rotatable bonds is 7. The molecule has 0 saturated carbocycles. The van der Waals surface area contributed by atoms with Crippen molar-refractivity contribution in [3.8, 4) is 0 Å². The van der Waals surface area contributed by atoms with Gasteiger partial charge in [0.25, 0.3) is 0 Å². The molecule has 1 aromatic carbocycles. The second-order valence-corrected chi connectivity index (χ2v) is 5.82. The zero-order chi connectivity index (χ0) is 16.0. The van der Waals surface area contributed by atoms with Crippen molar-refractivity contribution in [2.24, 2.45) is 5.92 Å². The molecule has 0 spiro atoms. The molecule has 1 amide bonds. The number of hydrogen-bond acceptors (Lipinski definition) is 3. The molecule has 21 heavy (non-hydrogen) atoms. The van der Waals surface area contributed by atoms with Crippen LogP contribution in [0.15, 0.2) is 18.2 Å². The highest BCUT2D eigenvalue weighted by molar-refractivity contribution is 6.31. The van der Waals surface area contributed by atoms with E-state index in [9.17, 15) is 9.59 Å². The second-order valence-electron chi connectivity index (χ2n) is 5.42. The zero-order valence-electron chi connectivity index (χ0n) is 12.5. The predicted molar refractivity (Wildman–Crippen MR) is 83.7 cm³/mol. The summed E-state index contributed by atoms with van der Waals surface area (Å²) in [7, 11) is 0. The Bertz CT molecular complexity index is 518. The predicted octanol–water partition coefficient (Wildman–Crippen LogP) is 2.63. The van der Waals surface area contributed by atoms with Crippen molar-refractivity contribution < 1.29 is 14.7 Å². The maximum Gasteiger partial charge on any atom is 0.317 e. The lowest BCUT2D eigenvalue weighted by molar-refractivity contribution is -0.138. The number of aliphatic carboxylic acids is 1. The number of nitrogens with one attached hydrogen (secondary N) is 1. The van der Waals surface area contributed by atoms with Gasteiger partial charge in [-0.05, 0) is 30.5 Å². The van der Waals surface area contributed by atoms with E-state index in [1.807, 2.05) is 20.8 Å². The first-order chi connectivity index (χ1) is 9.79. The molecule has 1 rings (SSSR count). The fourth-order valence-electron chi connectivity index (χ4n) is 2.03. The molecule has 0 heterocycles. The molecular formula is C15H21ClN2O3. The minimum atomic E-state index is -0.942. The van der Waals surface area contributed by atoms with E-state index >= 15 is 0 Å². The van der Waals surface area contributed by atoms with Gasteiger partial charge in [-0.1, -0.05) is 31.5 Å². The van der Waals surface area contributed by atoms with Crippen LogP contribution in [0.3, 0.4) is 0 Å². The normalized spacial score (nSPS) is 11.0. The molecule has 0 aliphatic heterocycles. The summed E-state index contributed by atoms with van der Waals surface area (Å²) in [5.41, 5.74) is 1.44. The molecule has 5 nitrogen and oxygen atoms in total. The van der Waals surface area contributed by atoms with E-state index in [-0.39, 0.29) is 24.9 Å². The van der Waals surface area contributed by atoms with Crippen LogP contribution in [-0.2, 0) is 9.59 Å². The van der Waals surface area contributed by atoms with Crippen LogP contribution in [0.5, 0.6) is 0 Å². The Kier molecular flexibility index (Phi) is 6.65. The summed E-state index contributed by atoms with van der Waals surface area (Å²) in [4.78, 5) is 24.5. The summed E-state index contributed by atoms with van der Waals surface area (Å²) >= 11 is 6.00. The number of carboxylic acid groups (broad SMARTS) is 1. The molecule has 0 aliphatic rings. The quantitative estimate of drug-likeness (QED) is 0.812. The molecule has 0 fully saturated rings. The number of carbonyl (C=O) groups is 2. The van der Waals surface area contributed by atoms with E-state index in [1.165, 1.54) is 0 Å². The Hall–Kier alpha value is -1.59. The number of benzene rings is 1. The summed E-state index contributed by atoms with van der Waals surface area (Å²) in [5, 5.41) is 12.2. The van der Waals surface area contributed by atoms with Crippen molar-refractivity contribution in [2.75, 3.05) is 25.0 Å². The minimum absolute atomic E-state index is 0.0381. The minimum Gasteiger partial charge on any atom is -0.480 e. The Morgan fingerprint density at radius 2 is 2.00 bits per heavy atom. The molecule has 1 aromatic rings. The first-order valence-corrected chi connectivity index (χ1v) is 7.16. The third-order valence-corrected chi connectivity index (χ3v) is 3.30. The molecule has 6 heteroatoms. The van der Waals surface area contributed by atoms with Crippen LogP contribution in [-0.4, -0.2) is 41.5 Å². The highest BCUT2D eigenvalue weighted by Gasteiger charge is 2.16. The van der Waals surface area contributed by atoms with Crippen molar-refractivity contribution in [1.29, 1.82) is 0 Å². The van der Waals surface area contributed by atoms with Gasteiger partial charge in [0, 0.05) is 17.3 Å². The van der Waals surface area contributed by atoms with E-state index in [4.69, 9.17) is 16.7 Å². The Labute approximate surface area is 129 Å². The average molecular weight is 313 g/mol. The maximum absolute atomic E-state index is 12.1. The number of carboxylic acids is 1. The molecule has 0 bridgehead atoms.